The zero-order chi connectivity index (χ0) is 15.5. The second-order valence-electron chi connectivity index (χ2n) is 6.56. The van der Waals surface area contributed by atoms with Gasteiger partial charge in [-0.2, -0.15) is 0 Å². The molecule has 1 aliphatic heterocycles. The van der Waals surface area contributed by atoms with Crippen LogP contribution in [0.2, 0.25) is 0 Å². The van der Waals surface area contributed by atoms with Crippen LogP contribution in [0.5, 0.6) is 0 Å². The van der Waals surface area contributed by atoms with E-state index < -0.39 is 0 Å². The van der Waals surface area contributed by atoms with Crippen LogP contribution in [0, 0.1) is 0 Å². The highest BCUT2D eigenvalue weighted by atomic mass is 32.2. The number of piperidine rings is 1. The number of aromatic nitrogens is 4. The zero-order valence-electron chi connectivity index (χ0n) is 13.4. The molecule has 1 aromatic rings. The molecule has 3 rings (SSSR count). The molecule has 7 heteroatoms. The van der Waals surface area contributed by atoms with Gasteiger partial charge in [-0.15, -0.1) is 5.10 Å². The summed E-state index contributed by atoms with van der Waals surface area (Å²) in [6.07, 6.45) is 8.23. The molecular weight excluding hydrogens is 298 g/mol. The predicted molar refractivity (Wildman–Crippen MR) is 85.7 cm³/mol. The topological polar surface area (TPSA) is 63.9 Å². The fraction of sp³-hybridized carbons (Fsp3) is 0.867. The molecule has 6 nitrogen and oxygen atoms in total. The first-order chi connectivity index (χ1) is 10.7. The lowest BCUT2D eigenvalue weighted by atomic mass is 9.98. The van der Waals surface area contributed by atoms with Crippen LogP contribution >= 0.6 is 11.8 Å². The molecular formula is C15H25N5OS. The van der Waals surface area contributed by atoms with E-state index in [2.05, 4.69) is 34.3 Å². The van der Waals surface area contributed by atoms with E-state index in [-0.39, 0.29) is 5.91 Å². The Balaban J connectivity index is 1.60. The fourth-order valence-electron chi connectivity index (χ4n) is 3.77. The first-order valence-corrected chi connectivity index (χ1v) is 9.37. The smallest absolute Gasteiger partial charge is 0.233 e. The molecule has 1 aromatic heterocycles. The van der Waals surface area contributed by atoms with Gasteiger partial charge in [-0.25, -0.2) is 4.68 Å². The minimum absolute atomic E-state index is 0.214. The quantitative estimate of drug-likeness (QED) is 0.797. The number of nitrogens with zero attached hydrogens (tertiary/aromatic N) is 5. The first-order valence-electron chi connectivity index (χ1n) is 8.38. The summed E-state index contributed by atoms with van der Waals surface area (Å²) < 4.78 is 1.92. The Morgan fingerprint density at radius 1 is 1.14 bits per heavy atom. The molecule has 2 aliphatic rings. The Morgan fingerprint density at radius 3 is 2.50 bits per heavy atom. The summed E-state index contributed by atoms with van der Waals surface area (Å²) in [5.74, 6) is 0.646. The van der Waals surface area contributed by atoms with Gasteiger partial charge in [0, 0.05) is 12.1 Å². The van der Waals surface area contributed by atoms with Crippen LogP contribution in [0.1, 0.15) is 64.8 Å². The molecule has 2 fully saturated rings. The minimum atomic E-state index is 0.214. The first kappa shape index (κ1) is 15.8. The highest BCUT2D eigenvalue weighted by Crippen LogP contribution is 2.31. The van der Waals surface area contributed by atoms with E-state index >= 15 is 0 Å². The van der Waals surface area contributed by atoms with Gasteiger partial charge in [0.05, 0.1) is 11.8 Å². The van der Waals surface area contributed by atoms with E-state index in [1.807, 2.05) is 4.68 Å². The molecule has 122 valence electrons. The van der Waals surface area contributed by atoms with Crippen molar-refractivity contribution in [2.24, 2.45) is 0 Å². The van der Waals surface area contributed by atoms with Crippen LogP contribution in [0.25, 0.3) is 0 Å². The van der Waals surface area contributed by atoms with Crippen molar-refractivity contribution in [2.75, 3.05) is 5.75 Å². The van der Waals surface area contributed by atoms with Crippen molar-refractivity contribution in [1.82, 2.24) is 25.1 Å². The molecule has 0 bridgehead atoms. The van der Waals surface area contributed by atoms with Crippen molar-refractivity contribution in [1.29, 1.82) is 0 Å². The number of carbonyl (C=O) groups excluding carboxylic acids is 1. The summed E-state index contributed by atoms with van der Waals surface area (Å²) in [5.41, 5.74) is 0. The van der Waals surface area contributed by atoms with E-state index in [0.717, 1.165) is 30.8 Å². The summed E-state index contributed by atoms with van der Waals surface area (Å²) in [4.78, 5) is 14.6. The highest BCUT2D eigenvalue weighted by Gasteiger charge is 2.29. The Bertz CT molecular complexity index is 504. The summed E-state index contributed by atoms with van der Waals surface area (Å²) >= 11 is 1.48. The zero-order valence-corrected chi connectivity index (χ0v) is 14.3. The number of thioether (sulfide) groups is 1. The van der Waals surface area contributed by atoms with Gasteiger partial charge in [0.15, 0.2) is 0 Å². The van der Waals surface area contributed by atoms with E-state index in [4.69, 9.17) is 0 Å². The monoisotopic (exact) mass is 323 g/mol. The number of hydrogen-bond acceptors (Lipinski definition) is 5. The predicted octanol–water partition coefficient (Wildman–Crippen LogP) is 2.67. The van der Waals surface area contributed by atoms with Gasteiger partial charge in [0.2, 0.25) is 11.1 Å². The number of likely N-dealkylation sites (tertiary alicyclic amines) is 1. The normalized spacial score (nSPS) is 26.5. The molecule has 1 saturated heterocycles. The molecule has 1 aliphatic carbocycles. The number of hydrogen-bond donors (Lipinski definition) is 0. The molecule has 2 heterocycles. The Morgan fingerprint density at radius 2 is 1.82 bits per heavy atom. The van der Waals surface area contributed by atoms with Crippen LogP contribution in [0.15, 0.2) is 5.16 Å². The molecule has 0 N–H and O–H groups in total. The van der Waals surface area contributed by atoms with Crippen LogP contribution in [-0.4, -0.2) is 48.9 Å². The highest BCUT2D eigenvalue weighted by molar-refractivity contribution is 7.99. The van der Waals surface area contributed by atoms with Gasteiger partial charge in [0.25, 0.3) is 0 Å². The van der Waals surface area contributed by atoms with Crippen LogP contribution in [0.3, 0.4) is 0 Å². The van der Waals surface area contributed by atoms with Crippen molar-refractivity contribution in [3.8, 4) is 0 Å². The maximum atomic E-state index is 12.6. The summed E-state index contributed by atoms with van der Waals surface area (Å²) in [5, 5.41) is 12.8. The van der Waals surface area contributed by atoms with Crippen molar-refractivity contribution >= 4 is 17.7 Å². The average Bonchev–Trinajstić information content (AvgIpc) is 3.15. The summed E-state index contributed by atoms with van der Waals surface area (Å²) in [6, 6.07) is 1.12. The lowest BCUT2D eigenvalue weighted by molar-refractivity contribution is -0.134. The fourth-order valence-corrected chi connectivity index (χ4v) is 4.59. The summed E-state index contributed by atoms with van der Waals surface area (Å²) in [6.45, 7) is 4.31. The van der Waals surface area contributed by atoms with Gasteiger partial charge in [0.1, 0.15) is 0 Å². The molecule has 0 radical (unpaired) electrons. The molecule has 1 amide bonds. The van der Waals surface area contributed by atoms with Gasteiger partial charge in [-0.3, -0.25) is 4.79 Å². The van der Waals surface area contributed by atoms with Crippen LogP contribution in [-0.2, 0) is 4.79 Å². The Labute approximate surface area is 136 Å². The number of rotatable bonds is 4. The van der Waals surface area contributed by atoms with E-state index in [1.165, 1.54) is 31.0 Å². The largest absolute Gasteiger partial charge is 0.337 e. The molecule has 22 heavy (non-hydrogen) atoms. The van der Waals surface area contributed by atoms with Crippen molar-refractivity contribution in [3.05, 3.63) is 0 Å². The molecule has 0 aromatic carbocycles. The Kier molecular flexibility index (Phi) is 5.00. The number of tetrazole rings is 1. The molecule has 0 unspecified atom stereocenters. The van der Waals surface area contributed by atoms with Crippen LogP contribution < -0.4 is 0 Å². The minimum Gasteiger partial charge on any atom is -0.337 e. The average molecular weight is 323 g/mol. The third kappa shape index (κ3) is 3.29. The van der Waals surface area contributed by atoms with Gasteiger partial charge in [-0.1, -0.05) is 24.6 Å². The van der Waals surface area contributed by atoms with Crippen molar-refractivity contribution < 1.29 is 4.79 Å². The van der Waals surface area contributed by atoms with E-state index in [9.17, 15) is 4.79 Å². The number of amides is 1. The third-order valence-electron chi connectivity index (χ3n) is 4.94. The number of carbonyl (C=O) groups is 1. The lowest BCUT2D eigenvalue weighted by Gasteiger charge is -2.39. The standard InChI is InChI=1S/C15H25N5OS/c1-11-6-5-7-12(2)19(11)14(21)10-22-15-16-17-18-20(15)13-8-3-4-9-13/h11-13H,3-10H2,1-2H3/t11-,12+. The van der Waals surface area contributed by atoms with Crippen molar-refractivity contribution in [3.63, 3.8) is 0 Å². The second-order valence-corrected chi connectivity index (χ2v) is 7.51. The molecule has 0 spiro atoms. The maximum absolute atomic E-state index is 12.6. The van der Waals surface area contributed by atoms with Gasteiger partial charge < -0.3 is 4.90 Å². The van der Waals surface area contributed by atoms with Crippen LogP contribution in [0.4, 0.5) is 0 Å². The van der Waals surface area contributed by atoms with Gasteiger partial charge >= 0.3 is 0 Å². The van der Waals surface area contributed by atoms with Gasteiger partial charge in [-0.05, 0) is 56.4 Å². The maximum Gasteiger partial charge on any atom is 0.233 e. The third-order valence-corrected chi connectivity index (χ3v) is 5.86. The second kappa shape index (κ2) is 6.98. The summed E-state index contributed by atoms with van der Waals surface area (Å²) in [7, 11) is 0. The Hall–Kier alpha value is -1.11. The van der Waals surface area contributed by atoms with E-state index in [1.54, 1.807) is 0 Å². The van der Waals surface area contributed by atoms with Crippen molar-refractivity contribution in [2.45, 2.75) is 82.1 Å². The van der Waals surface area contributed by atoms with E-state index in [0.29, 0.717) is 23.9 Å². The molecule has 1 saturated carbocycles. The lowest BCUT2D eigenvalue weighted by Crippen LogP contribution is -2.48. The molecule has 2 atom stereocenters. The SMILES string of the molecule is C[C@@H]1CCC[C@H](C)N1C(=O)CSc1nnnn1C1CCCC1.